The number of nitrogens with zero attached hydrogens (tertiary/aromatic N) is 1. The van der Waals surface area contributed by atoms with Gasteiger partial charge in [-0.05, 0) is 54.2 Å². The van der Waals surface area contributed by atoms with Crippen LogP contribution in [0.15, 0.2) is 18.5 Å². The van der Waals surface area contributed by atoms with Gasteiger partial charge in [-0.1, -0.05) is 34.6 Å². The quantitative estimate of drug-likeness (QED) is 0.721. The fourth-order valence-electron chi connectivity index (χ4n) is 2.57. The molecule has 1 aromatic rings. The van der Waals surface area contributed by atoms with E-state index in [0.29, 0.717) is 5.41 Å². The van der Waals surface area contributed by atoms with Crippen molar-refractivity contribution in [2.45, 2.75) is 60.3 Å². The number of aryl methyl sites for hydroxylation is 2. The summed E-state index contributed by atoms with van der Waals surface area (Å²) in [4.78, 5) is 4.20. The molecule has 1 heterocycles. The zero-order valence-electron chi connectivity index (χ0n) is 12.1. The molecule has 0 aromatic carbocycles. The second-order valence-corrected chi connectivity index (χ2v) is 6.41. The van der Waals surface area contributed by atoms with Gasteiger partial charge >= 0.3 is 0 Å². The number of hydrogen-bond acceptors (Lipinski definition) is 1. The van der Waals surface area contributed by atoms with Gasteiger partial charge in [0.05, 0.1) is 0 Å². The van der Waals surface area contributed by atoms with Crippen molar-refractivity contribution >= 4 is 0 Å². The minimum atomic E-state index is 0.450. The molecule has 17 heavy (non-hydrogen) atoms. The lowest BCUT2D eigenvalue weighted by Gasteiger charge is -2.23. The molecule has 96 valence electrons. The second-order valence-electron chi connectivity index (χ2n) is 6.41. The predicted molar refractivity (Wildman–Crippen MR) is 75.2 cm³/mol. The molecule has 1 atom stereocenters. The summed E-state index contributed by atoms with van der Waals surface area (Å²) in [5.74, 6) is 0.799. The zero-order chi connectivity index (χ0) is 12.9. The Kier molecular flexibility index (Phi) is 5.17. The largest absolute Gasteiger partial charge is 0.264 e. The van der Waals surface area contributed by atoms with Crippen molar-refractivity contribution in [2.24, 2.45) is 11.3 Å². The molecule has 0 saturated carbocycles. The monoisotopic (exact) mass is 233 g/mol. The van der Waals surface area contributed by atoms with Crippen LogP contribution in [0.3, 0.4) is 0 Å². The van der Waals surface area contributed by atoms with Gasteiger partial charge in [0.1, 0.15) is 0 Å². The van der Waals surface area contributed by atoms with E-state index < -0.39 is 0 Å². The van der Waals surface area contributed by atoms with E-state index in [9.17, 15) is 0 Å². The summed E-state index contributed by atoms with van der Waals surface area (Å²) in [5.41, 5.74) is 3.35. The van der Waals surface area contributed by atoms with Gasteiger partial charge in [-0.25, -0.2) is 0 Å². The highest BCUT2D eigenvalue weighted by molar-refractivity contribution is 5.23. The van der Waals surface area contributed by atoms with Crippen molar-refractivity contribution < 1.29 is 0 Å². The molecule has 0 N–H and O–H groups in total. The number of pyridine rings is 1. The smallest absolute Gasteiger partial charge is 0.0302 e. The number of hydrogen-bond donors (Lipinski definition) is 0. The first kappa shape index (κ1) is 14.2. The predicted octanol–water partition coefficient (Wildman–Crippen LogP) is 4.65. The van der Waals surface area contributed by atoms with Gasteiger partial charge in [-0.2, -0.15) is 0 Å². The lowest BCUT2D eigenvalue weighted by atomic mass is 9.83. The molecule has 0 aliphatic heterocycles. The Labute approximate surface area is 107 Å². The lowest BCUT2D eigenvalue weighted by molar-refractivity contribution is 0.297. The van der Waals surface area contributed by atoms with E-state index in [1.807, 2.05) is 12.4 Å². The van der Waals surface area contributed by atoms with Crippen molar-refractivity contribution in [3.63, 3.8) is 0 Å². The van der Waals surface area contributed by atoms with E-state index in [2.05, 4.69) is 45.7 Å². The van der Waals surface area contributed by atoms with E-state index >= 15 is 0 Å². The maximum atomic E-state index is 4.20. The summed E-state index contributed by atoms with van der Waals surface area (Å²) in [6, 6.07) is 2.18. The third kappa shape index (κ3) is 5.34. The maximum absolute atomic E-state index is 4.20. The van der Waals surface area contributed by atoms with Crippen LogP contribution in [0.2, 0.25) is 0 Å². The zero-order valence-corrected chi connectivity index (χ0v) is 12.1. The topological polar surface area (TPSA) is 12.9 Å². The average Bonchev–Trinajstić information content (AvgIpc) is 2.24. The molecule has 0 spiro atoms. The lowest BCUT2D eigenvalue weighted by Crippen LogP contribution is -2.11. The van der Waals surface area contributed by atoms with Crippen molar-refractivity contribution in [3.05, 3.63) is 29.6 Å². The van der Waals surface area contributed by atoms with Crippen molar-refractivity contribution in [2.75, 3.05) is 0 Å². The fraction of sp³-hybridized carbons (Fsp3) is 0.688. The molecular formula is C16H27N. The van der Waals surface area contributed by atoms with Crippen LogP contribution in [0.25, 0.3) is 0 Å². The molecule has 1 rings (SSSR count). The van der Waals surface area contributed by atoms with Gasteiger partial charge in [0, 0.05) is 12.4 Å². The van der Waals surface area contributed by atoms with Crippen LogP contribution < -0.4 is 0 Å². The van der Waals surface area contributed by atoms with E-state index in [1.54, 1.807) is 0 Å². The standard InChI is InChI=1S/C16H27N/c1-6-14-12-17-10-9-15(14)8-7-13(2)11-16(3,4)5/h9-10,12-13H,6-8,11H2,1-5H3. The molecular weight excluding hydrogens is 206 g/mol. The van der Waals surface area contributed by atoms with Gasteiger partial charge in [-0.3, -0.25) is 4.98 Å². The fourth-order valence-corrected chi connectivity index (χ4v) is 2.57. The highest BCUT2D eigenvalue weighted by Crippen LogP contribution is 2.27. The maximum Gasteiger partial charge on any atom is 0.0302 e. The van der Waals surface area contributed by atoms with Crippen LogP contribution in [0.4, 0.5) is 0 Å². The molecule has 0 bridgehead atoms. The van der Waals surface area contributed by atoms with Crippen LogP contribution in [-0.2, 0) is 12.8 Å². The highest BCUT2D eigenvalue weighted by atomic mass is 14.6. The normalized spacial score (nSPS) is 13.7. The first-order valence-corrected chi connectivity index (χ1v) is 6.84. The average molecular weight is 233 g/mol. The van der Waals surface area contributed by atoms with Gasteiger partial charge in [0.2, 0.25) is 0 Å². The Bertz CT molecular complexity index is 336. The molecule has 0 fully saturated rings. The Balaban J connectivity index is 2.50. The molecule has 1 aromatic heterocycles. The summed E-state index contributed by atoms with van der Waals surface area (Å²) in [6.07, 6.45) is 8.82. The van der Waals surface area contributed by atoms with Gasteiger partial charge in [-0.15, -0.1) is 0 Å². The van der Waals surface area contributed by atoms with Crippen LogP contribution in [0.1, 0.15) is 58.6 Å². The summed E-state index contributed by atoms with van der Waals surface area (Å²) < 4.78 is 0. The van der Waals surface area contributed by atoms with Crippen molar-refractivity contribution in [1.82, 2.24) is 4.98 Å². The molecule has 0 amide bonds. The summed E-state index contributed by atoms with van der Waals surface area (Å²) in [6.45, 7) is 11.6. The summed E-state index contributed by atoms with van der Waals surface area (Å²) in [5, 5.41) is 0. The molecule has 0 saturated heterocycles. The number of rotatable bonds is 5. The molecule has 1 nitrogen and oxygen atoms in total. The van der Waals surface area contributed by atoms with Crippen LogP contribution in [0, 0.1) is 11.3 Å². The van der Waals surface area contributed by atoms with Gasteiger partial charge < -0.3 is 0 Å². The first-order chi connectivity index (χ1) is 7.92. The minimum Gasteiger partial charge on any atom is -0.264 e. The molecule has 0 aliphatic rings. The SMILES string of the molecule is CCc1cnccc1CCC(C)CC(C)(C)C. The van der Waals surface area contributed by atoms with E-state index in [4.69, 9.17) is 0 Å². The third-order valence-electron chi connectivity index (χ3n) is 3.25. The van der Waals surface area contributed by atoms with E-state index in [1.165, 1.54) is 30.4 Å². The minimum absolute atomic E-state index is 0.450. The first-order valence-electron chi connectivity index (χ1n) is 6.84. The van der Waals surface area contributed by atoms with Crippen LogP contribution >= 0.6 is 0 Å². The highest BCUT2D eigenvalue weighted by Gasteiger charge is 2.15. The summed E-state index contributed by atoms with van der Waals surface area (Å²) >= 11 is 0. The van der Waals surface area contributed by atoms with Crippen molar-refractivity contribution in [1.29, 1.82) is 0 Å². The molecule has 0 radical (unpaired) electrons. The van der Waals surface area contributed by atoms with Crippen molar-refractivity contribution in [3.8, 4) is 0 Å². The summed E-state index contributed by atoms with van der Waals surface area (Å²) in [7, 11) is 0. The number of aromatic nitrogens is 1. The Hall–Kier alpha value is -0.850. The second kappa shape index (κ2) is 6.18. The third-order valence-corrected chi connectivity index (χ3v) is 3.25. The molecule has 1 unspecified atom stereocenters. The van der Waals surface area contributed by atoms with Gasteiger partial charge in [0.25, 0.3) is 0 Å². The Morgan fingerprint density at radius 3 is 2.53 bits per heavy atom. The molecule has 0 aliphatic carbocycles. The Morgan fingerprint density at radius 2 is 1.94 bits per heavy atom. The Morgan fingerprint density at radius 1 is 1.24 bits per heavy atom. The van der Waals surface area contributed by atoms with Crippen LogP contribution in [-0.4, -0.2) is 4.98 Å². The van der Waals surface area contributed by atoms with Gasteiger partial charge in [0.15, 0.2) is 0 Å². The van der Waals surface area contributed by atoms with E-state index in [-0.39, 0.29) is 0 Å². The van der Waals surface area contributed by atoms with E-state index in [0.717, 1.165) is 12.3 Å². The molecule has 1 heteroatoms. The van der Waals surface area contributed by atoms with Crippen LogP contribution in [0.5, 0.6) is 0 Å².